The van der Waals surface area contributed by atoms with Gasteiger partial charge in [-0.1, -0.05) is 34.1 Å². The maximum atomic E-state index is 11.7. The monoisotopic (exact) mass is 382 g/mol. The number of hydrazone groups is 1. The van der Waals surface area contributed by atoms with Crippen LogP contribution in [0.2, 0.25) is 0 Å². The first-order valence-electron chi connectivity index (χ1n) is 6.34. The fourth-order valence-electron chi connectivity index (χ4n) is 1.58. The maximum Gasteiger partial charge on any atom is 0.250 e. The second-order valence-corrected chi connectivity index (χ2v) is 7.13. The molecule has 0 spiro atoms. The van der Waals surface area contributed by atoms with Gasteiger partial charge in [0.1, 0.15) is 0 Å². The molecule has 0 saturated carbocycles. The number of carbonyl (C=O) groups excluding carboxylic acids is 1. The molecule has 0 aliphatic heterocycles. The summed E-state index contributed by atoms with van der Waals surface area (Å²) in [7, 11) is 0. The van der Waals surface area contributed by atoms with E-state index in [1.54, 1.807) is 29.3 Å². The average molecular weight is 383 g/mol. The third kappa shape index (κ3) is 5.30. The Bertz CT molecular complexity index is 640. The van der Waals surface area contributed by atoms with Crippen LogP contribution in [0.15, 0.2) is 45.3 Å². The summed E-state index contributed by atoms with van der Waals surface area (Å²) in [6.07, 6.45) is 1.69. The molecule has 0 aliphatic rings. The van der Waals surface area contributed by atoms with Gasteiger partial charge < -0.3 is 0 Å². The van der Waals surface area contributed by atoms with Crippen molar-refractivity contribution in [2.75, 3.05) is 5.75 Å². The third-order valence-corrected chi connectivity index (χ3v) is 5.43. The Morgan fingerprint density at radius 3 is 2.95 bits per heavy atom. The minimum absolute atomic E-state index is 0.0856. The summed E-state index contributed by atoms with van der Waals surface area (Å²) in [5.74, 6) is 1.10. The van der Waals surface area contributed by atoms with Crippen LogP contribution < -0.4 is 5.43 Å². The van der Waals surface area contributed by atoms with E-state index in [9.17, 15) is 4.79 Å². The Morgan fingerprint density at radius 2 is 2.24 bits per heavy atom. The zero-order valence-corrected chi connectivity index (χ0v) is 14.7. The molecule has 21 heavy (non-hydrogen) atoms. The fourth-order valence-corrected chi connectivity index (χ4v) is 3.80. The van der Waals surface area contributed by atoms with Crippen molar-refractivity contribution in [3.8, 4) is 0 Å². The first-order chi connectivity index (χ1) is 10.2. The van der Waals surface area contributed by atoms with Crippen LogP contribution in [0.25, 0.3) is 0 Å². The van der Waals surface area contributed by atoms with Gasteiger partial charge in [-0.2, -0.15) is 5.10 Å². The number of benzene rings is 1. The van der Waals surface area contributed by atoms with Crippen molar-refractivity contribution >= 4 is 51.2 Å². The average Bonchev–Trinajstić information content (AvgIpc) is 2.87. The summed E-state index contributed by atoms with van der Waals surface area (Å²) in [4.78, 5) is 12.7. The van der Waals surface area contributed by atoms with Crippen LogP contribution in [0.3, 0.4) is 0 Å². The van der Waals surface area contributed by atoms with Crippen molar-refractivity contribution in [1.29, 1.82) is 0 Å². The van der Waals surface area contributed by atoms with Gasteiger partial charge in [0.2, 0.25) is 5.91 Å². The first kappa shape index (κ1) is 16.3. The molecule has 3 nitrogen and oxygen atoms in total. The second-order valence-electron chi connectivity index (χ2n) is 4.35. The Labute approximate surface area is 141 Å². The number of hydrogen-bond acceptors (Lipinski definition) is 4. The standard InChI is InChI=1S/C15H15BrN2OS2/c1-11-6-7-21-14(11)8-17-18-15(19)10-20-9-12-4-2-3-5-13(12)16/h2-8H,9-10H2,1H3,(H,18,19)/b17-8+. The first-order valence-corrected chi connectivity index (χ1v) is 9.16. The van der Waals surface area contributed by atoms with E-state index in [0.717, 1.165) is 15.1 Å². The lowest BCUT2D eigenvalue weighted by molar-refractivity contribution is -0.118. The van der Waals surface area contributed by atoms with E-state index in [-0.39, 0.29) is 5.91 Å². The topological polar surface area (TPSA) is 41.5 Å². The Balaban J connectivity index is 1.72. The van der Waals surface area contributed by atoms with Crippen molar-refractivity contribution in [3.05, 3.63) is 56.2 Å². The minimum atomic E-state index is -0.0856. The van der Waals surface area contributed by atoms with Crippen molar-refractivity contribution in [2.45, 2.75) is 12.7 Å². The highest BCUT2D eigenvalue weighted by Gasteiger charge is 2.03. The molecule has 0 radical (unpaired) electrons. The number of nitrogens with one attached hydrogen (secondary N) is 1. The predicted molar refractivity (Wildman–Crippen MR) is 95.1 cm³/mol. The Kier molecular flexibility index (Phi) is 6.48. The molecule has 0 unspecified atom stereocenters. The number of thioether (sulfide) groups is 1. The van der Waals surface area contributed by atoms with Gasteiger partial charge in [0.05, 0.1) is 12.0 Å². The number of thiophene rings is 1. The highest BCUT2D eigenvalue weighted by molar-refractivity contribution is 9.10. The molecule has 1 N–H and O–H groups in total. The second kappa shape index (κ2) is 8.36. The summed E-state index contributed by atoms with van der Waals surface area (Å²) >= 11 is 6.67. The van der Waals surface area contributed by atoms with E-state index in [0.29, 0.717) is 5.75 Å². The molecule has 0 atom stereocenters. The molecule has 0 saturated heterocycles. The summed E-state index contributed by atoms with van der Waals surface area (Å²) in [6, 6.07) is 10.1. The Morgan fingerprint density at radius 1 is 1.43 bits per heavy atom. The molecule has 2 rings (SSSR count). The van der Waals surface area contributed by atoms with E-state index in [2.05, 4.69) is 26.5 Å². The molecule has 0 bridgehead atoms. The third-order valence-electron chi connectivity index (χ3n) is 2.72. The van der Waals surface area contributed by atoms with Gasteiger partial charge in [-0.15, -0.1) is 23.1 Å². The molecule has 6 heteroatoms. The highest BCUT2D eigenvalue weighted by atomic mass is 79.9. The van der Waals surface area contributed by atoms with Crippen LogP contribution in [0.5, 0.6) is 0 Å². The van der Waals surface area contributed by atoms with Crippen LogP contribution in [0.1, 0.15) is 16.0 Å². The van der Waals surface area contributed by atoms with Crippen LogP contribution in [0.4, 0.5) is 0 Å². The summed E-state index contributed by atoms with van der Waals surface area (Å²) in [6.45, 7) is 2.02. The lowest BCUT2D eigenvalue weighted by atomic mass is 10.2. The van der Waals surface area contributed by atoms with E-state index in [4.69, 9.17) is 0 Å². The van der Waals surface area contributed by atoms with Gasteiger partial charge in [0, 0.05) is 15.1 Å². The molecule has 1 aromatic heterocycles. The van der Waals surface area contributed by atoms with E-state index >= 15 is 0 Å². The number of nitrogens with zero attached hydrogens (tertiary/aromatic N) is 1. The normalized spacial score (nSPS) is 11.0. The fraction of sp³-hybridized carbons (Fsp3) is 0.200. The molecular formula is C15H15BrN2OS2. The number of aryl methyl sites for hydroxylation is 1. The summed E-state index contributed by atoms with van der Waals surface area (Å²) < 4.78 is 1.07. The summed E-state index contributed by atoms with van der Waals surface area (Å²) in [5.41, 5.74) is 4.91. The molecule has 110 valence electrons. The molecule has 0 aliphatic carbocycles. The highest BCUT2D eigenvalue weighted by Crippen LogP contribution is 2.21. The summed E-state index contributed by atoms with van der Waals surface area (Å²) in [5, 5.41) is 5.99. The van der Waals surface area contributed by atoms with E-state index in [1.807, 2.05) is 42.6 Å². The van der Waals surface area contributed by atoms with Gasteiger partial charge in [0.15, 0.2) is 0 Å². The molecule has 1 aromatic carbocycles. The number of amides is 1. The smallest absolute Gasteiger partial charge is 0.250 e. The Hall–Kier alpha value is -1.11. The molecule has 0 fully saturated rings. The van der Waals surface area contributed by atoms with Crippen LogP contribution in [0, 0.1) is 6.92 Å². The molecule has 1 heterocycles. The molecular weight excluding hydrogens is 368 g/mol. The van der Waals surface area contributed by atoms with Crippen LogP contribution in [-0.4, -0.2) is 17.9 Å². The van der Waals surface area contributed by atoms with Crippen LogP contribution in [-0.2, 0) is 10.5 Å². The van der Waals surface area contributed by atoms with Crippen molar-refractivity contribution in [3.63, 3.8) is 0 Å². The lowest BCUT2D eigenvalue weighted by Gasteiger charge is -2.03. The number of halogens is 1. The van der Waals surface area contributed by atoms with Gasteiger partial charge in [-0.25, -0.2) is 5.43 Å². The lowest BCUT2D eigenvalue weighted by Crippen LogP contribution is -2.19. The van der Waals surface area contributed by atoms with E-state index in [1.165, 1.54) is 11.1 Å². The van der Waals surface area contributed by atoms with E-state index < -0.39 is 0 Å². The van der Waals surface area contributed by atoms with Gasteiger partial charge in [-0.3, -0.25) is 4.79 Å². The zero-order chi connectivity index (χ0) is 15.1. The molecule has 2 aromatic rings. The van der Waals surface area contributed by atoms with Gasteiger partial charge in [0.25, 0.3) is 0 Å². The quantitative estimate of drug-likeness (QED) is 0.600. The SMILES string of the molecule is Cc1ccsc1/C=N/NC(=O)CSCc1ccccc1Br. The van der Waals surface area contributed by atoms with Gasteiger partial charge >= 0.3 is 0 Å². The van der Waals surface area contributed by atoms with Crippen molar-refractivity contribution in [2.24, 2.45) is 5.10 Å². The largest absolute Gasteiger partial charge is 0.272 e. The maximum absolute atomic E-state index is 11.7. The number of rotatable bonds is 6. The molecule has 1 amide bonds. The van der Waals surface area contributed by atoms with Crippen molar-refractivity contribution < 1.29 is 4.79 Å². The minimum Gasteiger partial charge on any atom is -0.272 e. The van der Waals surface area contributed by atoms with Crippen LogP contribution >= 0.6 is 39.0 Å². The van der Waals surface area contributed by atoms with Gasteiger partial charge in [-0.05, 0) is 35.6 Å². The van der Waals surface area contributed by atoms with Crippen molar-refractivity contribution in [1.82, 2.24) is 5.43 Å². The predicted octanol–water partition coefficient (Wildman–Crippen LogP) is 4.20. The number of carbonyl (C=O) groups is 1. The number of hydrogen-bond donors (Lipinski definition) is 1. The zero-order valence-electron chi connectivity index (χ0n) is 11.5.